The Morgan fingerprint density at radius 2 is 1.86 bits per heavy atom. The highest BCUT2D eigenvalue weighted by atomic mass is 32.2. The van der Waals surface area contributed by atoms with Crippen LogP contribution in [0, 0.1) is 13.8 Å². The number of aromatic nitrogens is 3. The Morgan fingerprint density at radius 1 is 1.14 bits per heavy atom. The minimum atomic E-state index is -3.31. The summed E-state index contributed by atoms with van der Waals surface area (Å²) >= 11 is 0. The molecule has 1 aliphatic heterocycles. The van der Waals surface area contributed by atoms with Crippen LogP contribution in [0.5, 0.6) is 5.88 Å². The minimum absolute atomic E-state index is 0.0755. The molecule has 0 amide bonds. The molecule has 2 aliphatic rings. The fraction of sp³-hybridized carbons (Fsp3) is 0.526. The van der Waals surface area contributed by atoms with E-state index < -0.39 is 9.84 Å². The molecular formula is C19H24BN5O3S. The SMILES string of the molecule is [B]N1CCC(Oc2ncnc(Nc3ccc(S(=O)(=O)C4CC4)nc3C)c2C)CC1. The van der Waals surface area contributed by atoms with Gasteiger partial charge in [-0.25, -0.2) is 23.4 Å². The number of ether oxygens (including phenoxy) is 1. The highest BCUT2D eigenvalue weighted by molar-refractivity contribution is 7.92. The monoisotopic (exact) mass is 413 g/mol. The van der Waals surface area contributed by atoms with E-state index in [0.717, 1.165) is 44.3 Å². The van der Waals surface area contributed by atoms with E-state index in [1.54, 1.807) is 23.9 Å². The van der Waals surface area contributed by atoms with Crippen molar-refractivity contribution < 1.29 is 13.2 Å². The first kappa shape index (κ1) is 20.1. The van der Waals surface area contributed by atoms with Crippen LogP contribution in [0.1, 0.15) is 36.9 Å². The molecule has 8 nitrogen and oxygen atoms in total. The molecule has 4 rings (SSSR count). The second kappa shape index (κ2) is 7.91. The Balaban J connectivity index is 1.51. The van der Waals surface area contributed by atoms with Crippen molar-refractivity contribution >= 4 is 29.3 Å². The predicted octanol–water partition coefficient (Wildman–Crippen LogP) is 2.09. The van der Waals surface area contributed by atoms with Crippen molar-refractivity contribution in [3.05, 3.63) is 29.7 Å². The van der Waals surface area contributed by atoms with Gasteiger partial charge in [-0.3, -0.25) is 0 Å². The predicted molar refractivity (Wildman–Crippen MR) is 110 cm³/mol. The fourth-order valence-corrected chi connectivity index (χ4v) is 4.96. The second-order valence-electron chi connectivity index (χ2n) is 7.66. The summed E-state index contributed by atoms with van der Waals surface area (Å²) in [5.74, 6) is 1.14. The Bertz CT molecular complexity index is 1000. The number of nitrogens with one attached hydrogen (secondary N) is 1. The molecule has 10 heteroatoms. The Morgan fingerprint density at radius 3 is 2.52 bits per heavy atom. The van der Waals surface area contributed by atoms with Crippen LogP contribution in [0.4, 0.5) is 11.5 Å². The molecular weight excluding hydrogens is 389 g/mol. The van der Waals surface area contributed by atoms with Gasteiger partial charge in [0.25, 0.3) is 0 Å². The number of anilines is 2. The number of sulfone groups is 1. The van der Waals surface area contributed by atoms with E-state index in [1.807, 2.05) is 6.92 Å². The highest BCUT2D eigenvalue weighted by Crippen LogP contribution is 2.34. The van der Waals surface area contributed by atoms with Gasteiger partial charge in [-0.15, -0.1) is 0 Å². The third kappa shape index (κ3) is 4.38. The topological polar surface area (TPSA) is 97.3 Å². The van der Waals surface area contributed by atoms with Crippen LogP contribution < -0.4 is 10.1 Å². The van der Waals surface area contributed by atoms with Crippen molar-refractivity contribution in [2.45, 2.75) is 55.9 Å². The lowest BCUT2D eigenvalue weighted by atomic mass is 10.0. The van der Waals surface area contributed by atoms with Crippen LogP contribution in [0.3, 0.4) is 0 Å². The molecule has 2 aromatic heterocycles. The van der Waals surface area contributed by atoms with E-state index in [-0.39, 0.29) is 16.4 Å². The fourth-order valence-electron chi connectivity index (χ4n) is 3.34. The van der Waals surface area contributed by atoms with Gasteiger partial charge in [0.05, 0.1) is 22.2 Å². The van der Waals surface area contributed by atoms with Gasteiger partial charge >= 0.3 is 0 Å². The van der Waals surface area contributed by atoms with Crippen LogP contribution >= 0.6 is 0 Å². The van der Waals surface area contributed by atoms with E-state index >= 15 is 0 Å². The van der Waals surface area contributed by atoms with Crippen LogP contribution in [0.2, 0.25) is 0 Å². The number of nitrogens with zero attached hydrogens (tertiary/aromatic N) is 4. The van der Waals surface area contributed by atoms with Gasteiger partial charge in [0.1, 0.15) is 18.2 Å². The third-order valence-electron chi connectivity index (χ3n) is 5.36. The Kier molecular flexibility index (Phi) is 5.48. The van der Waals surface area contributed by atoms with Crippen LogP contribution in [0.25, 0.3) is 0 Å². The van der Waals surface area contributed by atoms with Crippen LogP contribution in [0.15, 0.2) is 23.5 Å². The molecule has 3 heterocycles. The summed E-state index contributed by atoms with van der Waals surface area (Å²) in [5, 5.41) is 3.09. The molecule has 2 fully saturated rings. The number of hydrogen-bond donors (Lipinski definition) is 1. The Hall–Kier alpha value is -2.20. The van der Waals surface area contributed by atoms with Gasteiger partial charge in [-0.05, 0) is 64.8 Å². The summed E-state index contributed by atoms with van der Waals surface area (Å²) < 4.78 is 30.9. The van der Waals surface area contributed by atoms with Crippen LogP contribution in [-0.2, 0) is 9.84 Å². The molecule has 152 valence electrons. The largest absolute Gasteiger partial charge is 0.474 e. The summed E-state index contributed by atoms with van der Waals surface area (Å²) in [6.07, 6.45) is 4.67. The number of aryl methyl sites for hydroxylation is 1. The lowest BCUT2D eigenvalue weighted by Gasteiger charge is -2.29. The summed E-state index contributed by atoms with van der Waals surface area (Å²) in [7, 11) is 2.49. The van der Waals surface area contributed by atoms with Gasteiger partial charge in [-0.1, -0.05) is 0 Å². The maximum Gasteiger partial charge on any atom is 0.221 e. The standard InChI is InChI=1S/C19H24BN5O3S/c1-12-18(21-11-22-19(12)28-14-7-9-25(20)10-8-14)24-16-5-6-17(23-13(16)2)29(26,27)15-3-4-15/h5-6,11,14-15H,3-4,7-10H2,1-2H3,(H,21,22,24). The van der Waals surface area contributed by atoms with E-state index in [4.69, 9.17) is 12.7 Å². The molecule has 1 saturated heterocycles. The third-order valence-corrected chi connectivity index (χ3v) is 7.52. The number of hydrogen-bond acceptors (Lipinski definition) is 8. The normalized spacial score (nSPS) is 18.6. The maximum atomic E-state index is 12.4. The molecule has 0 unspecified atom stereocenters. The van der Waals surface area contributed by atoms with Crippen molar-refractivity contribution in [2.75, 3.05) is 18.4 Å². The van der Waals surface area contributed by atoms with Crippen LogP contribution in [-0.4, -0.2) is 60.6 Å². The molecule has 2 radical (unpaired) electrons. The van der Waals surface area contributed by atoms with Gasteiger partial charge in [-0.2, -0.15) is 0 Å². The van der Waals surface area contributed by atoms with Crippen molar-refractivity contribution in [1.29, 1.82) is 0 Å². The lowest BCUT2D eigenvalue weighted by Crippen LogP contribution is -2.36. The summed E-state index contributed by atoms with van der Waals surface area (Å²) in [6, 6.07) is 3.29. The van der Waals surface area contributed by atoms with Gasteiger partial charge in [0.15, 0.2) is 22.8 Å². The quantitative estimate of drug-likeness (QED) is 0.720. The summed E-state index contributed by atoms with van der Waals surface area (Å²) in [4.78, 5) is 14.7. The average molecular weight is 413 g/mol. The van der Waals surface area contributed by atoms with Gasteiger partial charge in [0, 0.05) is 0 Å². The molecule has 0 spiro atoms. The number of piperidine rings is 1. The number of pyridine rings is 1. The first-order chi connectivity index (χ1) is 13.8. The summed E-state index contributed by atoms with van der Waals surface area (Å²) in [5.41, 5.74) is 2.09. The first-order valence-corrected chi connectivity index (χ1v) is 11.4. The molecule has 0 atom stereocenters. The molecule has 0 bridgehead atoms. The molecule has 1 aliphatic carbocycles. The molecule has 0 aromatic carbocycles. The molecule has 1 saturated carbocycles. The minimum Gasteiger partial charge on any atom is -0.474 e. The zero-order valence-corrected chi connectivity index (χ0v) is 17.4. The summed E-state index contributed by atoms with van der Waals surface area (Å²) in [6.45, 7) is 5.26. The smallest absolute Gasteiger partial charge is 0.221 e. The van der Waals surface area contributed by atoms with Crippen molar-refractivity contribution in [3.63, 3.8) is 0 Å². The van der Waals surface area contributed by atoms with Crippen molar-refractivity contribution in [1.82, 2.24) is 19.8 Å². The maximum absolute atomic E-state index is 12.4. The van der Waals surface area contributed by atoms with Crippen molar-refractivity contribution in [2.24, 2.45) is 0 Å². The molecule has 2 aromatic rings. The molecule has 29 heavy (non-hydrogen) atoms. The molecule has 1 N–H and O–H groups in total. The first-order valence-electron chi connectivity index (χ1n) is 9.81. The van der Waals surface area contributed by atoms with Gasteiger partial charge < -0.3 is 14.9 Å². The zero-order valence-electron chi connectivity index (χ0n) is 16.6. The van der Waals surface area contributed by atoms with E-state index in [1.165, 1.54) is 6.33 Å². The van der Waals surface area contributed by atoms with E-state index in [0.29, 0.717) is 23.1 Å². The highest BCUT2D eigenvalue weighted by Gasteiger charge is 2.38. The zero-order chi connectivity index (χ0) is 20.6. The second-order valence-corrected chi connectivity index (χ2v) is 9.83. The van der Waals surface area contributed by atoms with Gasteiger partial charge in [0.2, 0.25) is 5.88 Å². The average Bonchev–Trinajstić information content (AvgIpc) is 3.54. The Labute approximate surface area is 172 Å². The van der Waals surface area contributed by atoms with E-state index in [2.05, 4.69) is 20.3 Å². The lowest BCUT2D eigenvalue weighted by molar-refractivity contribution is 0.130. The number of rotatable bonds is 6. The van der Waals surface area contributed by atoms with Crippen molar-refractivity contribution in [3.8, 4) is 5.88 Å². The van der Waals surface area contributed by atoms with E-state index in [9.17, 15) is 8.42 Å².